The first-order valence-corrected chi connectivity index (χ1v) is 8.98. The molecule has 0 aliphatic rings. The summed E-state index contributed by atoms with van der Waals surface area (Å²) in [7, 11) is 0. The van der Waals surface area contributed by atoms with Gasteiger partial charge in [0.2, 0.25) is 11.7 Å². The lowest BCUT2D eigenvalue weighted by Crippen LogP contribution is -2.19. The molecule has 1 N–H and O–H groups in total. The molecule has 1 heterocycles. The zero-order chi connectivity index (χ0) is 21.0. The quantitative estimate of drug-likeness (QED) is 0.492. The molecule has 0 spiro atoms. The van der Waals surface area contributed by atoms with Gasteiger partial charge < -0.3 is 14.5 Å². The molecule has 0 radical (unpaired) electrons. The number of nitrogens with one attached hydrogen (secondary N) is 1. The van der Waals surface area contributed by atoms with Crippen LogP contribution in [0, 0.1) is 0 Å². The van der Waals surface area contributed by atoms with Crippen LogP contribution in [0.5, 0.6) is 0 Å². The number of hydrogen-bond donors (Lipinski definition) is 1. The van der Waals surface area contributed by atoms with E-state index in [1.807, 2.05) is 0 Å². The second-order valence-electron chi connectivity index (χ2n) is 6.22. The SMILES string of the molecule is CC(=O)NCc1ccc(C(=O)COC(=O)c2cc(=O)c3cc(Cl)ccc3o2)cc1. The minimum absolute atomic E-state index is 0.152. The third kappa shape index (κ3) is 5.08. The van der Waals surface area contributed by atoms with Crippen molar-refractivity contribution in [2.75, 3.05) is 6.61 Å². The van der Waals surface area contributed by atoms with Gasteiger partial charge in [-0.2, -0.15) is 0 Å². The summed E-state index contributed by atoms with van der Waals surface area (Å²) in [4.78, 5) is 47.4. The van der Waals surface area contributed by atoms with E-state index in [0.29, 0.717) is 17.1 Å². The lowest BCUT2D eigenvalue weighted by Gasteiger charge is -2.06. The number of Topliss-reactive ketones (excluding diaryl/α,β-unsaturated/α-hetero) is 1. The minimum atomic E-state index is -0.922. The summed E-state index contributed by atoms with van der Waals surface area (Å²) >= 11 is 5.85. The van der Waals surface area contributed by atoms with Gasteiger partial charge in [0, 0.05) is 30.1 Å². The van der Waals surface area contributed by atoms with Crippen molar-refractivity contribution >= 4 is 40.2 Å². The highest BCUT2D eigenvalue weighted by Gasteiger charge is 2.16. The predicted molar refractivity (Wildman–Crippen MR) is 106 cm³/mol. The molecule has 3 rings (SSSR count). The van der Waals surface area contributed by atoms with Gasteiger partial charge in [0.25, 0.3) is 0 Å². The Morgan fingerprint density at radius 2 is 1.79 bits per heavy atom. The molecule has 7 nitrogen and oxygen atoms in total. The molecule has 1 aromatic heterocycles. The first-order valence-electron chi connectivity index (χ1n) is 8.60. The monoisotopic (exact) mass is 413 g/mol. The Hall–Kier alpha value is -3.45. The Morgan fingerprint density at radius 1 is 1.07 bits per heavy atom. The molecule has 2 aromatic carbocycles. The number of esters is 1. The third-order valence-electron chi connectivity index (χ3n) is 4.04. The van der Waals surface area contributed by atoms with Gasteiger partial charge in [0.1, 0.15) is 5.58 Å². The van der Waals surface area contributed by atoms with Crippen molar-refractivity contribution in [1.82, 2.24) is 5.32 Å². The fourth-order valence-corrected chi connectivity index (χ4v) is 2.72. The smallest absolute Gasteiger partial charge is 0.374 e. The summed E-state index contributed by atoms with van der Waals surface area (Å²) in [5.41, 5.74) is 0.919. The highest BCUT2D eigenvalue weighted by molar-refractivity contribution is 6.31. The summed E-state index contributed by atoms with van der Waals surface area (Å²) in [5, 5.41) is 3.26. The van der Waals surface area contributed by atoms with E-state index in [1.54, 1.807) is 24.3 Å². The maximum absolute atomic E-state index is 12.2. The van der Waals surface area contributed by atoms with Crippen molar-refractivity contribution in [3.05, 3.63) is 80.7 Å². The zero-order valence-electron chi connectivity index (χ0n) is 15.4. The van der Waals surface area contributed by atoms with Gasteiger partial charge in [0.05, 0.1) is 5.39 Å². The van der Waals surface area contributed by atoms with Crippen molar-refractivity contribution in [3.8, 4) is 0 Å². The largest absolute Gasteiger partial charge is 0.451 e. The van der Waals surface area contributed by atoms with Crippen LogP contribution in [0.25, 0.3) is 11.0 Å². The average molecular weight is 414 g/mol. The van der Waals surface area contributed by atoms with Gasteiger partial charge in [0.15, 0.2) is 17.8 Å². The molecule has 148 valence electrons. The Morgan fingerprint density at radius 3 is 2.48 bits per heavy atom. The van der Waals surface area contributed by atoms with E-state index in [0.717, 1.165) is 11.6 Å². The second-order valence-corrected chi connectivity index (χ2v) is 6.66. The Balaban J connectivity index is 1.65. The van der Waals surface area contributed by atoms with Gasteiger partial charge in [-0.25, -0.2) is 4.79 Å². The van der Waals surface area contributed by atoms with E-state index < -0.39 is 23.8 Å². The molecular weight excluding hydrogens is 398 g/mol. The van der Waals surface area contributed by atoms with Crippen molar-refractivity contribution in [3.63, 3.8) is 0 Å². The van der Waals surface area contributed by atoms with E-state index in [2.05, 4.69) is 5.32 Å². The lowest BCUT2D eigenvalue weighted by molar-refractivity contribution is -0.119. The third-order valence-corrected chi connectivity index (χ3v) is 4.28. The molecule has 0 bridgehead atoms. The van der Waals surface area contributed by atoms with E-state index >= 15 is 0 Å². The molecule has 0 fully saturated rings. The number of fused-ring (bicyclic) bond motifs is 1. The normalized spacial score (nSPS) is 10.6. The van der Waals surface area contributed by atoms with Crippen LogP contribution >= 0.6 is 11.6 Å². The number of hydrogen-bond acceptors (Lipinski definition) is 6. The molecular formula is C21H16ClNO6. The van der Waals surface area contributed by atoms with E-state index in [-0.39, 0.29) is 22.6 Å². The van der Waals surface area contributed by atoms with Crippen molar-refractivity contribution < 1.29 is 23.5 Å². The highest BCUT2D eigenvalue weighted by Crippen LogP contribution is 2.18. The van der Waals surface area contributed by atoms with E-state index in [4.69, 9.17) is 20.8 Å². The van der Waals surface area contributed by atoms with Gasteiger partial charge in [-0.05, 0) is 23.8 Å². The number of ketones is 1. The fourth-order valence-electron chi connectivity index (χ4n) is 2.55. The lowest BCUT2D eigenvalue weighted by atomic mass is 10.1. The summed E-state index contributed by atoms with van der Waals surface area (Å²) in [6, 6.07) is 12.0. The molecule has 1 amide bonds. The van der Waals surface area contributed by atoms with Crippen LogP contribution in [0.2, 0.25) is 5.02 Å². The van der Waals surface area contributed by atoms with Gasteiger partial charge >= 0.3 is 5.97 Å². The van der Waals surface area contributed by atoms with Crippen LogP contribution in [-0.4, -0.2) is 24.3 Å². The standard InChI is InChI=1S/C21H16ClNO6/c1-12(24)23-10-13-2-4-14(5-3-13)18(26)11-28-21(27)20-9-17(25)16-8-15(22)6-7-19(16)29-20/h2-9H,10-11H2,1H3,(H,23,24). The molecule has 0 saturated carbocycles. The molecule has 0 unspecified atom stereocenters. The molecule has 0 aliphatic heterocycles. The number of benzene rings is 2. The zero-order valence-corrected chi connectivity index (χ0v) is 16.1. The maximum Gasteiger partial charge on any atom is 0.374 e. The fraction of sp³-hybridized carbons (Fsp3) is 0.143. The first kappa shape index (κ1) is 20.3. The van der Waals surface area contributed by atoms with E-state index in [1.165, 1.54) is 25.1 Å². The summed E-state index contributed by atoms with van der Waals surface area (Å²) in [6.45, 7) is 1.26. The van der Waals surface area contributed by atoms with Crippen LogP contribution in [0.3, 0.4) is 0 Å². The van der Waals surface area contributed by atoms with Gasteiger partial charge in [-0.15, -0.1) is 0 Å². The van der Waals surface area contributed by atoms with Crippen molar-refractivity contribution in [2.24, 2.45) is 0 Å². The molecule has 3 aromatic rings. The highest BCUT2D eigenvalue weighted by atomic mass is 35.5. The van der Waals surface area contributed by atoms with Crippen LogP contribution in [0.15, 0.2) is 57.7 Å². The number of amides is 1. The minimum Gasteiger partial charge on any atom is -0.451 e. The molecule has 0 saturated heterocycles. The second kappa shape index (κ2) is 8.70. The number of carbonyl (C=O) groups excluding carboxylic acids is 3. The van der Waals surface area contributed by atoms with Crippen molar-refractivity contribution in [2.45, 2.75) is 13.5 Å². The summed E-state index contributed by atoms with van der Waals surface area (Å²) in [6.07, 6.45) is 0. The Bertz CT molecular complexity index is 1150. The predicted octanol–water partition coefficient (Wildman–Crippen LogP) is 3.12. The Kier molecular flexibility index (Phi) is 6.09. The van der Waals surface area contributed by atoms with Crippen LogP contribution in [0.4, 0.5) is 0 Å². The molecule has 8 heteroatoms. The molecule has 0 atom stereocenters. The number of ether oxygens (including phenoxy) is 1. The van der Waals surface area contributed by atoms with Gasteiger partial charge in [-0.1, -0.05) is 35.9 Å². The summed E-state index contributed by atoms with van der Waals surface area (Å²) < 4.78 is 10.4. The van der Waals surface area contributed by atoms with Gasteiger partial charge in [-0.3, -0.25) is 14.4 Å². The van der Waals surface area contributed by atoms with Crippen LogP contribution in [0.1, 0.15) is 33.4 Å². The van der Waals surface area contributed by atoms with E-state index in [9.17, 15) is 19.2 Å². The maximum atomic E-state index is 12.2. The number of halogens is 1. The number of rotatable bonds is 6. The van der Waals surface area contributed by atoms with Crippen molar-refractivity contribution in [1.29, 1.82) is 0 Å². The van der Waals surface area contributed by atoms with Crippen LogP contribution in [-0.2, 0) is 16.1 Å². The average Bonchev–Trinajstić information content (AvgIpc) is 2.71. The molecule has 0 aliphatic carbocycles. The Labute approximate surface area is 170 Å². The summed E-state index contributed by atoms with van der Waals surface area (Å²) in [5.74, 6) is -1.79. The first-order chi connectivity index (χ1) is 13.8. The topological polar surface area (TPSA) is 103 Å². The molecule has 29 heavy (non-hydrogen) atoms. The number of carbonyl (C=O) groups is 3. The van der Waals surface area contributed by atoms with Crippen LogP contribution < -0.4 is 10.7 Å².